The van der Waals surface area contributed by atoms with Crippen molar-refractivity contribution in [3.8, 4) is 0 Å². The van der Waals surface area contributed by atoms with Gasteiger partial charge in [-0.1, -0.05) is 6.92 Å². The van der Waals surface area contributed by atoms with Gasteiger partial charge in [0, 0.05) is 6.61 Å². The average molecular weight is 129 g/mol. The van der Waals surface area contributed by atoms with Gasteiger partial charge < -0.3 is 9.52 Å². The van der Waals surface area contributed by atoms with Gasteiger partial charge in [0.15, 0.2) is 6.39 Å². The van der Waals surface area contributed by atoms with E-state index in [1.165, 1.54) is 12.7 Å². The van der Waals surface area contributed by atoms with Gasteiger partial charge in [0.1, 0.15) is 6.26 Å². The lowest BCUT2D eigenvalue weighted by molar-refractivity contribution is 0.295. The Morgan fingerprint density at radius 1 is 1.67 bits per heavy atom. The lowest BCUT2D eigenvalue weighted by Crippen LogP contribution is -1.69. The summed E-state index contributed by atoms with van der Waals surface area (Å²) in [5.74, 6) is 0. The van der Waals surface area contributed by atoms with Crippen molar-refractivity contribution >= 4 is 0 Å². The predicted molar refractivity (Wildman–Crippen MR) is 33.9 cm³/mol. The molecule has 1 rings (SSSR count). The van der Waals surface area contributed by atoms with Gasteiger partial charge in [-0.05, 0) is 6.42 Å². The highest BCUT2D eigenvalue weighted by Gasteiger charge is 1.59. The van der Waals surface area contributed by atoms with Gasteiger partial charge in [-0.2, -0.15) is 0 Å². The van der Waals surface area contributed by atoms with E-state index in [-0.39, 0.29) is 0 Å². The molecule has 3 nitrogen and oxygen atoms in total. The van der Waals surface area contributed by atoms with Crippen LogP contribution in [0.5, 0.6) is 0 Å². The minimum atomic E-state index is 0.319. The molecule has 0 aliphatic heterocycles. The summed E-state index contributed by atoms with van der Waals surface area (Å²) < 4.78 is 4.47. The first-order valence-corrected chi connectivity index (χ1v) is 2.84. The maximum Gasteiger partial charge on any atom is 0.180 e. The van der Waals surface area contributed by atoms with E-state index in [0.717, 1.165) is 6.42 Å². The van der Waals surface area contributed by atoms with Crippen molar-refractivity contribution in [2.75, 3.05) is 6.61 Å². The minimum Gasteiger partial charge on any atom is -0.452 e. The molecule has 0 saturated carbocycles. The fourth-order valence-electron chi connectivity index (χ4n) is 0.176. The molecule has 0 aromatic carbocycles. The predicted octanol–water partition coefficient (Wildman–Crippen LogP) is 1.06. The van der Waals surface area contributed by atoms with Gasteiger partial charge in [-0.25, -0.2) is 4.98 Å². The van der Waals surface area contributed by atoms with E-state index in [0.29, 0.717) is 6.61 Å². The van der Waals surface area contributed by atoms with E-state index < -0.39 is 0 Å². The van der Waals surface area contributed by atoms with Crippen molar-refractivity contribution in [2.24, 2.45) is 0 Å². The molecule has 0 fully saturated rings. The Hall–Kier alpha value is -0.830. The second kappa shape index (κ2) is 7.17. The summed E-state index contributed by atoms with van der Waals surface area (Å²) in [6.45, 7) is 2.25. The fourth-order valence-corrected chi connectivity index (χ4v) is 0.176. The van der Waals surface area contributed by atoms with Crippen molar-refractivity contribution in [3.63, 3.8) is 0 Å². The largest absolute Gasteiger partial charge is 0.452 e. The minimum absolute atomic E-state index is 0.319. The number of hydrogen-bond donors (Lipinski definition) is 1. The molecule has 0 aliphatic carbocycles. The normalized spacial score (nSPS) is 7.78. The molecule has 1 heterocycles. The molecule has 0 radical (unpaired) electrons. The molecule has 0 bridgehead atoms. The van der Waals surface area contributed by atoms with Crippen molar-refractivity contribution in [3.05, 3.63) is 18.9 Å². The van der Waals surface area contributed by atoms with Crippen LogP contribution in [-0.2, 0) is 0 Å². The summed E-state index contributed by atoms with van der Waals surface area (Å²) in [7, 11) is 0. The molecule has 0 aliphatic rings. The summed E-state index contributed by atoms with van der Waals surface area (Å²) in [5.41, 5.74) is 0. The highest BCUT2D eigenvalue weighted by atomic mass is 16.3. The third-order valence-corrected chi connectivity index (χ3v) is 0.571. The van der Waals surface area contributed by atoms with Gasteiger partial charge in [0.05, 0.1) is 6.20 Å². The van der Waals surface area contributed by atoms with Crippen LogP contribution in [0.2, 0.25) is 0 Å². The summed E-state index contributed by atoms with van der Waals surface area (Å²) in [5, 5.41) is 7.88. The quantitative estimate of drug-likeness (QED) is 0.616. The van der Waals surface area contributed by atoms with Crippen molar-refractivity contribution < 1.29 is 9.52 Å². The van der Waals surface area contributed by atoms with Gasteiger partial charge >= 0.3 is 0 Å². The molecule has 0 saturated heterocycles. The van der Waals surface area contributed by atoms with Crippen LogP contribution in [0.4, 0.5) is 0 Å². The Balaban J connectivity index is 0.000000148. The monoisotopic (exact) mass is 129 g/mol. The van der Waals surface area contributed by atoms with Crippen molar-refractivity contribution in [2.45, 2.75) is 13.3 Å². The number of rotatable bonds is 1. The lowest BCUT2D eigenvalue weighted by atomic mass is 10.5. The summed E-state index contributed by atoms with van der Waals surface area (Å²) in [6.07, 6.45) is 5.35. The van der Waals surface area contributed by atoms with E-state index in [4.69, 9.17) is 5.11 Å². The number of oxazole rings is 1. The molecular formula is C6H11NO2. The number of aromatic nitrogens is 1. The van der Waals surface area contributed by atoms with Crippen LogP contribution < -0.4 is 0 Å². The highest BCUT2D eigenvalue weighted by Crippen LogP contribution is 1.72. The molecular weight excluding hydrogens is 118 g/mol. The Morgan fingerprint density at radius 2 is 2.33 bits per heavy atom. The summed E-state index contributed by atoms with van der Waals surface area (Å²) in [6, 6.07) is 0. The molecule has 1 N–H and O–H groups in total. The van der Waals surface area contributed by atoms with E-state index in [9.17, 15) is 0 Å². The molecule has 9 heavy (non-hydrogen) atoms. The summed E-state index contributed by atoms with van der Waals surface area (Å²) >= 11 is 0. The van der Waals surface area contributed by atoms with Crippen LogP contribution in [-0.4, -0.2) is 16.7 Å². The Bertz CT molecular complexity index is 86.6. The van der Waals surface area contributed by atoms with Gasteiger partial charge in [0.2, 0.25) is 0 Å². The standard InChI is InChI=1S/C3H3NO.C3H8O/c1-2-5-3-4-1;1-2-3-4/h1-3H;4H,2-3H2,1H3. The lowest BCUT2D eigenvalue weighted by Gasteiger charge is -1.69. The summed E-state index contributed by atoms with van der Waals surface area (Å²) in [4.78, 5) is 3.56. The van der Waals surface area contributed by atoms with E-state index >= 15 is 0 Å². The van der Waals surface area contributed by atoms with Crippen molar-refractivity contribution in [1.82, 2.24) is 4.98 Å². The number of hydrogen-bond acceptors (Lipinski definition) is 3. The van der Waals surface area contributed by atoms with Crippen LogP contribution in [0.25, 0.3) is 0 Å². The van der Waals surface area contributed by atoms with Crippen LogP contribution >= 0.6 is 0 Å². The zero-order valence-electron chi connectivity index (χ0n) is 5.45. The van der Waals surface area contributed by atoms with Gasteiger partial charge in [-0.3, -0.25) is 0 Å². The fraction of sp³-hybridized carbons (Fsp3) is 0.500. The van der Waals surface area contributed by atoms with E-state index in [1.807, 2.05) is 6.92 Å². The Kier molecular flexibility index (Phi) is 6.51. The average Bonchev–Trinajstić information content (AvgIpc) is 2.43. The maximum atomic E-state index is 7.88. The van der Waals surface area contributed by atoms with Gasteiger partial charge in [-0.15, -0.1) is 0 Å². The first-order valence-electron chi connectivity index (χ1n) is 2.84. The Morgan fingerprint density at radius 3 is 2.44 bits per heavy atom. The van der Waals surface area contributed by atoms with Crippen LogP contribution in [0.1, 0.15) is 13.3 Å². The second-order valence-electron chi connectivity index (χ2n) is 1.40. The molecule has 0 amide bonds. The zero-order valence-corrected chi connectivity index (χ0v) is 5.45. The number of aliphatic hydroxyl groups excluding tert-OH is 1. The molecule has 3 heteroatoms. The zero-order chi connectivity index (χ0) is 6.95. The van der Waals surface area contributed by atoms with Gasteiger partial charge in [0.25, 0.3) is 0 Å². The molecule has 1 aromatic rings. The number of nitrogens with zero attached hydrogens (tertiary/aromatic N) is 1. The van der Waals surface area contributed by atoms with E-state index in [2.05, 4.69) is 9.40 Å². The van der Waals surface area contributed by atoms with Crippen LogP contribution in [0.15, 0.2) is 23.3 Å². The molecule has 0 spiro atoms. The third-order valence-electron chi connectivity index (χ3n) is 0.571. The SMILES string of the molecule is CCCO.c1cocn1. The third kappa shape index (κ3) is 7.17. The number of aliphatic hydroxyl groups is 1. The highest BCUT2D eigenvalue weighted by molar-refractivity contribution is 4.56. The first kappa shape index (κ1) is 8.17. The molecule has 52 valence electrons. The van der Waals surface area contributed by atoms with Crippen molar-refractivity contribution in [1.29, 1.82) is 0 Å². The van der Waals surface area contributed by atoms with E-state index in [1.54, 1.807) is 6.20 Å². The maximum absolute atomic E-state index is 7.88. The smallest absolute Gasteiger partial charge is 0.180 e. The van der Waals surface area contributed by atoms with Crippen LogP contribution in [0.3, 0.4) is 0 Å². The topological polar surface area (TPSA) is 46.3 Å². The molecule has 1 aromatic heterocycles. The first-order chi connectivity index (χ1) is 4.41. The molecule has 0 unspecified atom stereocenters. The molecule has 0 atom stereocenters. The van der Waals surface area contributed by atoms with Crippen LogP contribution in [0, 0.1) is 0 Å². The second-order valence-corrected chi connectivity index (χ2v) is 1.40. The Labute approximate surface area is 54.3 Å².